The van der Waals surface area contributed by atoms with Gasteiger partial charge in [0.1, 0.15) is 5.76 Å². The lowest BCUT2D eigenvalue weighted by molar-refractivity contribution is -0.121. The van der Waals surface area contributed by atoms with Crippen molar-refractivity contribution in [2.75, 3.05) is 11.6 Å². The fraction of sp³-hybridized carbons (Fsp3) is 0.422. The number of carbonyl (C=O) groups is 1. The predicted octanol–water partition coefficient (Wildman–Crippen LogP) is 10.2. The second kappa shape index (κ2) is 16.5. The lowest BCUT2D eigenvalue weighted by Crippen LogP contribution is -2.24. The van der Waals surface area contributed by atoms with Gasteiger partial charge in [0.25, 0.3) is 0 Å². The molecule has 1 saturated heterocycles. The van der Waals surface area contributed by atoms with Crippen LogP contribution in [0.5, 0.6) is 0 Å². The van der Waals surface area contributed by atoms with Gasteiger partial charge in [0.05, 0.1) is 52.8 Å². The third-order valence-electron chi connectivity index (χ3n) is 11.5. The zero-order valence-corrected chi connectivity index (χ0v) is 35.0. The Balaban J connectivity index is 1.30. The van der Waals surface area contributed by atoms with Gasteiger partial charge in [-0.25, -0.2) is 15.0 Å². The number of hydrogen-bond donors (Lipinski definition) is 3. The molecular formula is C45H53N5O3S2. The molecule has 1 aromatic rings. The number of allylic oxidation sites excluding steroid dienone is 11. The van der Waals surface area contributed by atoms with Crippen LogP contribution in [-0.4, -0.2) is 45.9 Å². The van der Waals surface area contributed by atoms with E-state index in [1.807, 2.05) is 6.92 Å². The molecule has 3 atom stereocenters. The average Bonchev–Trinajstić information content (AvgIpc) is 3.91. The van der Waals surface area contributed by atoms with Gasteiger partial charge in [-0.2, -0.15) is 0 Å². The molecule has 6 aliphatic rings. The number of rotatable bonds is 13. The molecule has 1 fully saturated rings. The molecule has 8 bridgehead atoms. The average molecular weight is 776 g/mol. The largest absolute Gasteiger partial charge is 0.511 e. The number of nitrogens with one attached hydrogen (secondary N) is 2. The number of aliphatic hydroxyl groups excluding tert-OH is 1. The van der Waals surface area contributed by atoms with Gasteiger partial charge >= 0.3 is 0 Å². The Morgan fingerprint density at radius 3 is 2.56 bits per heavy atom. The number of aliphatic hydroxyl groups is 1. The first-order chi connectivity index (χ1) is 26.5. The van der Waals surface area contributed by atoms with Gasteiger partial charge in [-0.05, 0) is 100.0 Å². The van der Waals surface area contributed by atoms with Crippen molar-refractivity contribution in [3.05, 3.63) is 127 Å². The summed E-state index contributed by atoms with van der Waals surface area (Å²) >= 11 is 0. The van der Waals surface area contributed by atoms with E-state index in [9.17, 15) is 9.90 Å². The molecular weight excluding hydrogens is 723 g/mol. The maximum absolute atomic E-state index is 13.1. The summed E-state index contributed by atoms with van der Waals surface area (Å²) in [5.41, 5.74) is 16.8. The Kier molecular flexibility index (Phi) is 11.8. The molecule has 288 valence electrons. The Morgan fingerprint density at radius 1 is 1.02 bits per heavy atom. The van der Waals surface area contributed by atoms with Crippen LogP contribution in [0.4, 0.5) is 0 Å². The number of hydrogen-bond acceptors (Lipinski definition) is 9. The molecule has 5 heterocycles. The van der Waals surface area contributed by atoms with Gasteiger partial charge in [0.2, 0.25) is 5.91 Å². The first kappa shape index (κ1) is 39.1. The summed E-state index contributed by atoms with van der Waals surface area (Å²) in [7, 11) is 3.48. The van der Waals surface area contributed by atoms with Gasteiger partial charge in [0.15, 0.2) is 0 Å². The van der Waals surface area contributed by atoms with Crippen LogP contribution in [0.3, 0.4) is 0 Å². The van der Waals surface area contributed by atoms with Crippen LogP contribution in [0, 0.1) is 18.8 Å². The van der Waals surface area contributed by atoms with Crippen molar-refractivity contribution in [2.45, 2.75) is 100 Å². The van der Waals surface area contributed by atoms with E-state index in [2.05, 4.69) is 102 Å². The number of fused-ring (bicyclic) bond motifs is 5. The van der Waals surface area contributed by atoms with Crippen LogP contribution < -0.4 is 10.6 Å². The monoisotopic (exact) mass is 775 g/mol. The minimum atomic E-state index is -0.221. The first-order valence-electron chi connectivity index (χ1n) is 19.6. The summed E-state index contributed by atoms with van der Waals surface area (Å²) in [6, 6.07) is 8.45. The maximum Gasteiger partial charge on any atom is 0.220 e. The van der Waals surface area contributed by atoms with E-state index < -0.39 is 0 Å². The standard InChI is InChI=1S/C45H53N5O3S2/c1-9-16-54-55-23-46-41(52)15-14-32-26(5)35-19-36-27(6)42(29(8)53-22-30-13-11-12-24(3)17-30)39(48-36)21-34-25(4)31(10-2)38(47-34)20-37-28(7)43-40(51)18-33(44(32)49-35)45(43)50-37/h11-13,17,19-21,26,29,32,49,51H,9-10,14-16,18,22-23H2,1-8H3,(H,46,52)/t26?,29?,32-/m0/s1. The van der Waals surface area contributed by atoms with Gasteiger partial charge < -0.3 is 20.5 Å². The summed E-state index contributed by atoms with van der Waals surface area (Å²) in [5, 5.41) is 18.4. The molecule has 5 aliphatic heterocycles. The lowest BCUT2D eigenvalue weighted by atomic mass is 9.86. The number of ether oxygens (including phenoxy) is 1. The summed E-state index contributed by atoms with van der Waals surface area (Å²) in [5.74, 6) is 2.16. The fourth-order valence-corrected chi connectivity index (χ4v) is 10.3. The van der Waals surface area contributed by atoms with E-state index in [1.54, 1.807) is 21.6 Å². The lowest BCUT2D eigenvalue weighted by Gasteiger charge is -2.18. The molecule has 8 nitrogen and oxygen atoms in total. The van der Waals surface area contributed by atoms with E-state index in [0.29, 0.717) is 37.5 Å². The number of carbonyl (C=O) groups excluding carboxylic acids is 1. The zero-order chi connectivity index (χ0) is 39.0. The van der Waals surface area contributed by atoms with Crippen LogP contribution in [0.2, 0.25) is 0 Å². The van der Waals surface area contributed by atoms with Crippen LogP contribution in [0.15, 0.2) is 131 Å². The highest BCUT2D eigenvalue weighted by Gasteiger charge is 2.41. The predicted molar refractivity (Wildman–Crippen MR) is 230 cm³/mol. The van der Waals surface area contributed by atoms with Gasteiger partial charge in [-0.15, -0.1) is 0 Å². The Hall–Kier alpha value is -4.12. The molecule has 1 aliphatic carbocycles. The molecule has 10 heteroatoms. The smallest absolute Gasteiger partial charge is 0.220 e. The normalized spacial score (nSPS) is 22.3. The second-order valence-corrected chi connectivity index (χ2v) is 17.8. The Morgan fingerprint density at radius 2 is 1.80 bits per heavy atom. The molecule has 1 amide bonds. The molecule has 1 aromatic carbocycles. The number of nitrogens with zero attached hydrogens (tertiary/aromatic N) is 3. The van der Waals surface area contributed by atoms with Crippen LogP contribution in [0.25, 0.3) is 0 Å². The van der Waals surface area contributed by atoms with Crippen molar-refractivity contribution in [1.29, 1.82) is 0 Å². The minimum Gasteiger partial charge on any atom is -0.511 e. The summed E-state index contributed by atoms with van der Waals surface area (Å²) in [6.45, 7) is 17.6. The molecule has 3 N–H and O–H groups in total. The highest BCUT2D eigenvalue weighted by Crippen LogP contribution is 2.46. The van der Waals surface area contributed by atoms with E-state index in [4.69, 9.17) is 19.7 Å². The number of aliphatic imine (C=N–C) groups is 3. The third kappa shape index (κ3) is 7.83. The van der Waals surface area contributed by atoms with Crippen LogP contribution in [0.1, 0.15) is 91.7 Å². The van der Waals surface area contributed by atoms with Gasteiger partial charge in [-0.1, -0.05) is 72.2 Å². The summed E-state index contributed by atoms with van der Waals surface area (Å²) in [6.07, 6.45) is 9.57. The van der Waals surface area contributed by atoms with Crippen LogP contribution >= 0.6 is 21.6 Å². The van der Waals surface area contributed by atoms with Gasteiger partial charge in [0, 0.05) is 58.5 Å². The topological polar surface area (TPSA) is 108 Å². The van der Waals surface area contributed by atoms with Crippen LogP contribution in [-0.2, 0) is 16.1 Å². The highest BCUT2D eigenvalue weighted by molar-refractivity contribution is 8.76. The van der Waals surface area contributed by atoms with E-state index >= 15 is 0 Å². The molecule has 0 radical (unpaired) electrons. The number of aryl methyl sites for hydroxylation is 1. The fourth-order valence-electron chi connectivity index (χ4n) is 8.41. The van der Waals surface area contributed by atoms with Crippen molar-refractivity contribution < 1.29 is 14.6 Å². The quantitative estimate of drug-likeness (QED) is 0.105. The number of amides is 1. The SMILES string of the molecule is CCCSSCNC(=O)CC[C@@H]1C2=C3CC(O)=C4C3=NC(=C4C)C=C3N=C(C=C4N=C(C=C(N2)C1C)C(C)=C4C(C)OCc1cccc(C)c1)C(C)=C3CC. The highest BCUT2D eigenvalue weighted by atomic mass is 33.1. The third-order valence-corrected chi connectivity index (χ3v) is 13.8. The van der Waals surface area contributed by atoms with Crippen molar-refractivity contribution in [3.8, 4) is 0 Å². The summed E-state index contributed by atoms with van der Waals surface area (Å²) in [4.78, 5) is 28.8. The van der Waals surface area contributed by atoms with Crippen molar-refractivity contribution in [1.82, 2.24) is 10.6 Å². The Bertz CT molecular complexity index is 2170. The zero-order valence-electron chi connectivity index (χ0n) is 33.4. The van der Waals surface area contributed by atoms with Gasteiger partial charge in [-0.3, -0.25) is 4.79 Å². The van der Waals surface area contributed by atoms with E-state index in [-0.39, 0.29) is 23.8 Å². The van der Waals surface area contributed by atoms with Crippen molar-refractivity contribution in [3.63, 3.8) is 0 Å². The molecule has 0 spiro atoms. The number of benzene rings is 1. The molecule has 0 saturated carbocycles. The Labute approximate surface area is 334 Å². The second-order valence-electron chi connectivity index (χ2n) is 15.2. The minimum absolute atomic E-state index is 0.0265. The molecule has 2 unspecified atom stereocenters. The molecule has 7 rings (SSSR count). The molecule has 0 aromatic heterocycles. The summed E-state index contributed by atoms with van der Waals surface area (Å²) < 4.78 is 6.58. The van der Waals surface area contributed by atoms with Crippen molar-refractivity contribution >= 4 is 44.6 Å². The molecule has 55 heavy (non-hydrogen) atoms. The van der Waals surface area contributed by atoms with E-state index in [0.717, 1.165) is 103 Å². The maximum atomic E-state index is 13.1. The first-order valence-corrected chi connectivity index (χ1v) is 22.1. The van der Waals surface area contributed by atoms with Crippen molar-refractivity contribution in [2.24, 2.45) is 26.8 Å². The van der Waals surface area contributed by atoms with E-state index in [1.165, 1.54) is 11.1 Å².